The van der Waals surface area contributed by atoms with Crippen LogP contribution in [0, 0.1) is 0 Å². The molecule has 1 N–H and O–H groups in total. The molecular formula is C25H19ClN2O6. The summed E-state index contributed by atoms with van der Waals surface area (Å²) < 4.78 is 15.5. The van der Waals surface area contributed by atoms with E-state index in [0.29, 0.717) is 34.2 Å². The predicted octanol–water partition coefficient (Wildman–Crippen LogP) is 4.36. The molecule has 0 bridgehead atoms. The number of nitrogens with one attached hydrogen (secondary N) is 1. The summed E-state index contributed by atoms with van der Waals surface area (Å²) in [5.74, 6) is -0.174. The maximum atomic E-state index is 12.9. The van der Waals surface area contributed by atoms with Gasteiger partial charge in [0.25, 0.3) is 11.8 Å². The van der Waals surface area contributed by atoms with E-state index in [1.54, 1.807) is 67.8 Å². The van der Waals surface area contributed by atoms with E-state index in [1.807, 2.05) is 0 Å². The lowest BCUT2D eigenvalue weighted by Gasteiger charge is -2.15. The van der Waals surface area contributed by atoms with Crippen LogP contribution < -0.4 is 24.4 Å². The Labute approximate surface area is 200 Å². The quantitative estimate of drug-likeness (QED) is 0.306. The van der Waals surface area contributed by atoms with Crippen LogP contribution in [0.25, 0.3) is 0 Å². The highest BCUT2D eigenvalue weighted by atomic mass is 35.5. The van der Waals surface area contributed by atoms with Gasteiger partial charge in [-0.15, -0.1) is 0 Å². The van der Waals surface area contributed by atoms with Gasteiger partial charge in [0, 0.05) is 5.69 Å². The number of imide groups is 1. The number of carbonyl (C=O) groups excluding carboxylic acids is 3. The monoisotopic (exact) mass is 478 g/mol. The summed E-state index contributed by atoms with van der Waals surface area (Å²) in [5.41, 5.74) is 1.07. The molecule has 1 aliphatic heterocycles. The van der Waals surface area contributed by atoms with E-state index in [9.17, 15) is 14.4 Å². The normalized spacial score (nSPS) is 13.2. The number of hydrogen-bond acceptors (Lipinski definition) is 7. The average Bonchev–Trinajstić information content (AvgIpc) is 3.08. The molecule has 0 aromatic heterocycles. The number of benzene rings is 3. The van der Waals surface area contributed by atoms with E-state index in [1.165, 1.54) is 19.2 Å². The van der Waals surface area contributed by atoms with Crippen LogP contribution >= 0.6 is 11.6 Å². The zero-order valence-corrected chi connectivity index (χ0v) is 19.0. The van der Waals surface area contributed by atoms with Crippen molar-refractivity contribution in [3.8, 4) is 17.2 Å². The molecule has 0 radical (unpaired) electrons. The van der Waals surface area contributed by atoms with Gasteiger partial charge in [0.05, 0.1) is 25.5 Å². The van der Waals surface area contributed by atoms with Crippen LogP contribution in [0.4, 0.5) is 11.4 Å². The van der Waals surface area contributed by atoms with Gasteiger partial charge < -0.3 is 19.5 Å². The van der Waals surface area contributed by atoms with Gasteiger partial charge in [0.15, 0.2) is 0 Å². The lowest BCUT2D eigenvalue weighted by atomic mass is 10.2. The minimum atomic E-state index is -0.640. The topological polar surface area (TPSA) is 94.2 Å². The molecule has 0 saturated heterocycles. The Hall–Kier alpha value is -4.30. The summed E-state index contributed by atoms with van der Waals surface area (Å²) in [4.78, 5) is 38.9. The summed E-state index contributed by atoms with van der Waals surface area (Å²) in [6.07, 6.45) is 0. The first-order valence-electron chi connectivity index (χ1n) is 10.1. The molecule has 2 amide bonds. The second-order valence-electron chi connectivity index (χ2n) is 7.10. The van der Waals surface area contributed by atoms with Crippen molar-refractivity contribution < 1.29 is 28.6 Å². The zero-order chi connectivity index (χ0) is 24.2. The van der Waals surface area contributed by atoms with E-state index < -0.39 is 17.8 Å². The largest absolute Gasteiger partial charge is 0.497 e. The smallest absolute Gasteiger partial charge is 0.343 e. The zero-order valence-electron chi connectivity index (χ0n) is 18.2. The molecule has 0 spiro atoms. The molecular weight excluding hydrogens is 460 g/mol. The first-order chi connectivity index (χ1) is 16.4. The third-order valence-corrected chi connectivity index (χ3v) is 5.37. The number of ether oxygens (including phenoxy) is 3. The maximum Gasteiger partial charge on any atom is 0.343 e. The Morgan fingerprint density at radius 2 is 1.29 bits per heavy atom. The molecule has 0 fully saturated rings. The van der Waals surface area contributed by atoms with Gasteiger partial charge in [0.2, 0.25) is 0 Å². The Morgan fingerprint density at radius 3 is 1.85 bits per heavy atom. The van der Waals surface area contributed by atoms with E-state index >= 15 is 0 Å². The third kappa shape index (κ3) is 4.57. The molecule has 0 saturated carbocycles. The SMILES string of the molecule is COc1ccc(OC(=O)c2ccc(NC3=C(Cl)C(=O)N(c4ccc(OC)cc4)C3=O)cc2)cc1. The lowest BCUT2D eigenvalue weighted by Crippen LogP contribution is -2.32. The fraction of sp³-hybridized carbons (Fsp3) is 0.0800. The fourth-order valence-electron chi connectivity index (χ4n) is 3.22. The minimum Gasteiger partial charge on any atom is -0.497 e. The van der Waals surface area contributed by atoms with Crippen molar-refractivity contribution >= 4 is 40.8 Å². The molecule has 3 aromatic carbocycles. The highest BCUT2D eigenvalue weighted by Gasteiger charge is 2.39. The van der Waals surface area contributed by atoms with Crippen LogP contribution in [0.5, 0.6) is 17.2 Å². The molecule has 1 heterocycles. The van der Waals surface area contributed by atoms with Crippen LogP contribution in [0.2, 0.25) is 0 Å². The standard InChI is InChI=1S/C25H19ClN2O6/c1-32-18-9-7-17(8-10-18)28-23(29)21(26)22(24(28)30)27-16-5-3-15(4-6-16)25(31)34-20-13-11-19(33-2)12-14-20/h3-14,27H,1-2H3. The Balaban J connectivity index is 1.45. The Bertz CT molecular complexity index is 1270. The van der Waals surface area contributed by atoms with E-state index in [0.717, 1.165) is 4.90 Å². The van der Waals surface area contributed by atoms with Gasteiger partial charge in [-0.2, -0.15) is 0 Å². The molecule has 0 aliphatic carbocycles. The van der Waals surface area contributed by atoms with Gasteiger partial charge in [-0.25, -0.2) is 9.69 Å². The van der Waals surface area contributed by atoms with Crippen LogP contribution in [0.15, 0.2) is 83.5 Å². The molecule has 4 rings (SSSR count). The number of anilines is 2. The molecule has 9 heteroatoms. The van der Waals surface area contributed by atoms with Gasteiger partial charge in [0.1, 0.15) is 28.0 Å². The molecule has 34 heavy (non-hydrogen) atoms. The van der Waals surface area contributed by atoms with Crippen molar-refractivity contribution in [1.29, 1.82) is 0 Å². The number of esters is 1. The molecule has 3 aromatic rings. The molecule has 0 atom stereocenters. The third-order valence-electron chi connectivity index (χ3n) is 5.02. The maximum absolute atomic E-state index is 12.9. The number of methoxy groups -OCH3 is 2. The van der Waals surface area contributed by atoms with Crippen molar-refractivity contribution in [3.05, 3.63) is 89.1 Å². The second-order valence-corrected chi connectivity index (χ2v) is 7.48. The van der Waals surface area contributed by atoms with Crippen molar-refractivity contribution in [2.45, 2.75) is 0 Å². The number of nitrogens with zero attached hydrogens (tertiary/aromatic N) is 1. The highest BCUT2D eigenvalue weighted by molar-refractivity contribution is 6.53. The fourth-order valence-corrected chi connectivity index (χ4v) is 3.43. The van der Waals surface area contributed by atoms with Gasteiger partial charge in [-0.3, -0.25) is 9.59 Å². The van der Waals surface area contributed by atoms with Crippen molar-refractivity contribution in [2.24, 2.45) is 0 Å². The lowest BCUT2D eigenvalue weighted by molar-refractivity contribution is -0.120. The number of rotatable bonds is 7. The summed E-state index contributed by atoms with van der Waals surface area (Å²) in [5, 5.41) is 2.63. The summed E-state index contributed by atoms with van der Waals surface area (Å²) >= 11 is 6.17. The number of carbonyl (C=O) groups is 3. The predicted molar refractivity (Wildman–Crippen MR) is 126 cm³/mol. The highest BCUT2D eigenvalue weighted by Crippen LogP contribution is 2.31. The van der Waals surface area contributed by atoms with E-state index in [4.69, 9.17) is 25.8 Å². The summed E-state index contributed by atoms with van der Waals surface area (Å²) in [6, 6.07) is 19.3. The van der Waals surface area contributed by atoms with Crippen molar-refractivity contribution in [3.63, 3.8) is 0 Å². The first-order valence-corrected chi connectivity index (χ1v) is 10.4. The van der Waals surface area contributed by atoms with Crippen LogP contribution in [-0.2, 0) is 9.59 Å². The molecule has 8 nitrogen and oxygen atoms in total. The Morgan fingerprint density at radius 1 is 0.765 bits per heavy atom. The van der Waals surface area contributed by atoms with Crippen molar-refractivity contribution in [2.75, 3.05) is 24.4 Å². The first kappa shape index (κ1) is 22.9. The van der Waals surface area contributed by atoms with Gasteiger partial charge in [-0.05, 0) is 72.8 Å². The Kier molecular flexibility index (Phi) is 6.51. The number of hydrogen-bond donors (Lipinski definition) is 1. The van der Waals surface area contributed by atoms with Crippen LogP contribution in [0.3, 0.4) is 0 Å². The van der Waals surface area contributed by atoms with Crippen LogP contribution in [0.1, 0.15) is 10.4 Å². The molecule has 1 aliphatic rings. The number of halogens is 1. The van der Waals surface area contributed by atoms with E-state index in [2.05, 4.69) is 5.32 Å². The number of amides is 2. The van der Waals surface area contributed by atoms with Crippen molar-refractivity contribution in [1.82, 2.24) is 0 Å². The minimum absolute atomic E-state index is 0.0592. The van der Waals surface area contributed by atoms with Gasteiger partial charge >= 0.3 is 5.97 Å². The van der Waals surface area contributed by atoms with Crippen LogP contribution in [-0.4, -0.2) is 32.0 Å². The molecule has 172 valence electrons. The summed E-state index contributed by atoms with van der Waals surface area (Å²) in [7, 11) is 3.07. The van der Waals surface area contributed by atoms with Gasteiger partial charge in [-0.1, -0.05) is 11.6 Å². The van der Waals surface area contributed by atoms with E-state index in [-0.39, 0.29) is 10.7 Å². The second kappa shape index (κ2) is 9.68. The average molecular weight is 479 g/mol. The molecule has 0 unspecified atom stereocenters. The summed E-state index contributed by atoms with van der Waals surface area (Å²) in [6.45, 7) is 0.